The van der Waals surface area contributed by atoms with Crippen LogP contribution in [0.2, 0.25) is 0 Å². The first-order valence-corrected chi connectivity index (χ1v) is 6.83. The van der Waals surface area contributed by atoms with Crippen LogP contribution >= 0.6 is 15.9 Å². The van der Waals surface area contributed by atoms with Gasteiger partial charge >= 0.3 is 0 Å². The van der Waals surface area contributed by atoms with E-state index >= 15 is 0 Å². The topological polar surface area (TPSA) is 12.5 Å². The van der Waals surface area contributed by atoms with Gasteiger partial charge in [0.15, 0.2) is 0 Å². The predicted molar refractivity (Wildman–Crippen MR) is 70.4 cm³/mol. The molecule has 88 valence electrons. The van der Waals surface area contributed by atoms with E-state index in [1.54, 1.807) is 0 Å². The zero-order valence-corrected chi connectivity index (χ0v) is 11.4. The number of nitrogens with zero attached hydrogens (tertiary/aromatic N) is 1. The SMILES string of the molecule is CC(CBr)N(C)CC1Cc2ccccc2O1. The number of ether oxygens (including phenoxy) is 1. The molecule has 0 aromatic heterocycles. The molecule has 1 aromatic rings. The number of rotatable bonds is 4. The minimum atomic E-state index is 0.309. The number of likely N-dealkylation sites (N-methyl/N-ethyl adjacent to an activating group) is 1. The van der Waals surface area contributed by atoms with Gasteiger partial charge in [-0.25, -0.2) is 0 Å². The molecule has 1 aliphatic heterocycles. The Labute approximate surface area is 106 Å². The van der Waals surface area contributed by atoms with Crippen molar-refractivity contribution in [3.8, 4) is 5.75 Å². The molecule has 2 atom stereocenters. The summed E-state index contributed by atoms with van der Waals surface area (Å²) in [4.78, 5) is 2.34. The van der Waals surface area contributed by atoms with Crippen LogP contribution in [-0.2, 0) is 6.42 Å². The van der Waals surface area contributed by atoms with Gasteiger partial charge < -0.3 is 4.74 Å². The van der Waals surface area contributed by atoms with Crippen molar-refractivity contribution in [2.75, 3.05) is 18.9 Å². The minimum absolute atomic E-state index is 0.309. The van der Waals surface area contributed by atoms with Gasteiger partial charge in [0, 0.05) is 24.3 Å². The maximum atomic E-state index is 5.92. The zero-order valence-electron chi connectivity index (χ0n) is 9.82. The van der Waals surface area contributed by atoms with E-state index in [0.29, 0.717) is 12.1 Å². The van der Waals surface area contributed by atoms with E-state index in [2.05, 4.69) is 53.0 Å². The van der Waals surface area contributed by atoms with Crippen molar-refractivity contribution in [2.24, 2.45) is 0 Å². The lowest BCUT2D eigenvalue weighted by molar-refractivity contribution is 0.151. The fourth-order valence-electron chi connectivity index (χ4n) is 1.97. The lowest BCUT2D eigenvalue weighted by Crippen LogP contribution is -2.38. The summed E-state index contributed by atoms with van der Waals surface area (Å²) in [6, 6.07) is 8.88. The molecule has 16 heavy (non-hydrogen) atoms. The third kappa shape index (κ3) is 2.58. The van der Waals surface area contributed by atoms with Gasteiger partial charge in [-0.2, -0.15) is 0 Å². The van der Waals surface area contributed by atoms with Crippen molar-refractivity contribution in [3.63, 3.8) is 0 Å². The summed E-state index contributed by atoms with van der Waals surface area (Å²) < 4.78 is 5.92. The van der Waals surface area contributed by atoms with Crippen molar-refractivity contribution < 1.29 is 4.74 Å². The third-order valence-electron chi connectivity index (χ3n) is 3.18. The molecule has 0 N–H and O–H groups in total. The Morgan fingerprint density at radius 1 is 1.50 bits per heavy atom. The number of para-hydroxylation sites is 1. The molecule has 0 fully saturated rings. The molecule has 2 rings (SSSR count). The van der Waals surface area contributed by atoms with E-state index in [1.807, 2.05) is 6.07 Å². The van der Waals surface area contributed by atoms with E-state index in [9.17, 15) is 0 Å². The quantitative estimate of drug-likeness (QED) is 0.788. The van der Waals surface area contributed by atoms with E-state index in [0.717, 1.165) is 24.0 Å². The predicted octanol–water partition coefficient (Wildman–Crippen LogP) is 2.71. The Morgan fingerprint density at radius 3 is 2.94 bits per heavy atom. The second-order valence-electron chi connectivity index (χ2n) is 4.49. The van der Waals surface area contributed by atoms with Crippen LogP contribution in [0.1, 0.15) is 12.5 Å². The molecule has 2 nitrogen and oxygen atoms in total. The van der Waals surface area contributed by atoms with Crippen LogP contribution in [0.15, 0.2) is 24.3 Å². The highest BCUT2D eigenvalue weighted by atomic mass is 79.9. The normalized spacial score (nSPS) is 20.6. The number of alkyl halides is 1. The van der Waals surface area contributed by atoms with Crippen molar-refractivity contribution in [2.45, 2.75) is 25.5 Å². The number of hydrogen-bond acceptors (Lipinski definition) is 2. The van der Waals surface area contributed by atoms with Crippen LogP contribution < -0.4 is 4.74 Å². The van der Waals surface area contributed by atoms with E-state index < -0.39 is 0 Å². The van der Waals surface area contributed by atoms with Crippen molar-refractivity contribution in [1.29, 1.82) is 0 Å². The van der Waals surface area contributed by atoms with Gasteiger partial charge in [-0.05, 0) is 25.6 Å². The Kier molecular flexibility index (Phi) is 3.87. The minimum Gasteiger partial charge on any atom is -0.488 e. The highest BCUT2D eigenvalue weighted by Crippen LogP contribution is 2.28. The molecule has 0 spiro atoms. The van der Waals surface area contributed by atoms with Gasteiger partial charge in [-0.15, -0.1) is 0 Å². The van der Waals surface area contributed by atoms with Crippen molar-refractivity contribution in [3.05, 3.63) is 29.8 Å². The zero-order chi connectivity index (χ0) is 11.5. The summed E-state index contributed by atoms with van der Waals surface area (Å²) in [7, 11) is 2.15. The Bertz CT molecular complexity index is 331. The number of fused-ring (bicyclic) bond motifs is 1. The third-order valence-corrected chi connectivity index (χ3v) is 4.12. The maximum Gasteiger partial charge on any atom is 0.123 e. The lowest BCUT2D eigenvalue weighted by Gasteiger charge is -2.25. The summed E-state index contributed by atoms with van der Waals surface area (Å²) in [6.07, 6.45) is 1.35. The fraction of sp³-hybridized carbons (Fsp3) is 0.538. The highest BCUT2D eigenvalue weighted by molar-refractivity contribution is 9.09. The molecule has 3 heteroatoms. The van der Waals surface area contributed by atoms with E-state index in [1.165, 1.54) is 5.56 Å². The first-order valence-electron chi connectivity index (χ1n) is 5.71. The molecule has 0 amide bonds. The van der Waals surface area contributed by atoms with Crippen LogP contribution in [0.5, 0.6) is 5.75 Å². The van der Waals surface area contributed by atoms with E-state index in [4.69, 9.17) is 4.74 Å². The lowest BCUT2D eigenvalue weighted by atomic mass is 10.1. The number of hydrogen-bond donors (Lipinski definition) is 0. The molecule has 1 heterocycles. The summed E-state index contributed by atoms with van der Waals surface area (Å²) in [5, 5.41) is 1.00. The fourth-order valence-corrected chi connectivity index (χ4v) is 2.47. The van der Waals surface area contributed by atoms with Gasteiger partial charge in [0.25, 0.3) is 0 Å². The Balaban J connectivity index is 1.92. The van der Waals surface area contributed by atoms with Crippen molar-refractivity contribution in [1.82, 2.24) is 4.90 Å². The smallest absolute Gasteiger partial charge is 0.123 e. The van der Waals surface area contributed by atoms with Gasteiger partial charge in [-0.3, -0.25) is 4.90 Å². The molecular weight excluding hydrogens is 266 g/mol. The first-order chi connectivity index (χ1) is 7.70. The van der Waals surface area contributed by atoms with Crippen LogP contribution in [0.3, 0.4) is 0 Å². The molecule has 1 aromatic carbocycles. The Morgan fingerprint density at radius 2 is 2.25 bits per heavy atom. The summed E-state index contributed by atoms with van der Waals surface area (Å²) >= 11 is 3.51. The van der Waals surface area contributed by atoms with Gasteiger partial charge in [0.05, 0.1) is 0 Å². The molecule has 0 radical (unpaired) electrons. The molecule has 1 aliphatic rings. The second-order valence-corrected chi connectivity index (χ2v) is 5.14. The monoisotopic (exact) mass is 283 g/mol. The highest BCUT2D eigenvalue weighted by Gasteiger charge is 2.24. The largest absolute Gasteiger partial charge is 0.488 e. The number of halogens is 1. The van der Waals surface area contributed by atoms with Crippen LogP contribution in [0.25, 0.3) is 0 Å². The van der Waals surface area contributed by atoms with Gasteiger partial charge in [0.1, 0.15) is 11.9 Å². The van der Waals surface area contributed by atoms with Gasteiger partial charge in [0.2, 0.25) is 0 Å². The molecule has 0 saturated heterocycles. The summed E-state index contributed by atoms with van der Waals surface area (Å²) in [5.74, 6) is 1.06. The van der Waals surface area contributed by atoms with Crippen LogP contribution in [-0.4, -0.2) is 36.0 Å². The first kappa shape index (κ1) is 11.9. The molecule has 2 unspecified atom stereocenters. The molecule has 0 saturated carbocycles. The maximum absolute atomic E-state index is 5.92. The van der Waals surface area contributed by atoms with Gasteiger partial charge in [-0.1, -0.05) is 34.1 Å². The summed E-state index contributed by atoms with van der Waals surface area (Å²) in [5.41, 5.74) is 1.34. The molecule has 0 aliphatic carbocycles. The molecular formula is C13H18BrNO. The number of benzene rings is 1. The molecule has 0 bridgehead atoms. The average molecular weight is 284 g/mol. The van der Waals surface area contributed by atoms with E-state index in [-0.39, 0.29) is 0 Å². The second kappa shape index (κ2) is 5.19. The standard InChI is InChI=1S/C13H18BrNO/c1-10(8-14)15(2)9-12-7-11-5-3-4-6-13(11)16-12/h3-6,10,12H,7-9H2,1-2H3. The average Bonchev–Trinajstić information content (AvgIpc) is 2.69. The van der Waals surface area contributed by atoms with Crippen LogP contribution in [0, 0.1) is 0 Å². The summed E-state index contributed by atoms with van der Waals surface area (Å²) in [6.45, 7) is 3.21. The Hall–Kier alpha value is -0.540. The van der Waals surface area contributed by atoms with Crippen LogP contribution in [0.4, 0.5) is 0 Å². The van der Waals surface area contributed by atoms with Crippen molar-refractivity contribution >= 4 is 15.9 Å².